The van der Waals surface area contributed by atoms with Gasteiger partial charge in [0.1, 0.15) is 0 Å². The van der Waals surface area contributed by atoms with Crippen molar-refractivity contribution < 1.29 is 4.79 Å². The molecule has 2 unspecified atom stereocenters. The highest BCUT2D eigenvalue weighted by molar-refractivity contribution is 5.85. The van der Waals surface area contributed by atoms with Gasteiger partial charge < -0.3 is 10.6 Å². The summed E-state index contributed by atoms with van der Waals surface area (Å²) < 4.78 is 0. The SMILES string of the molecule is CCNC(=O)CN1CCC2NCCC2C1.Cl. The second kappa shape index (κ2) is 6.42. The zero-order chi connectivity index (χ0) is 10.7. The van der Waals surface area contributed by atoms with Gasteiger partial charge >= 0.3 is 0 Å². The zero-order valence-corrected chi connectivity index (χ0v) is 10.7. The summed E-state index contributed by atoms with van der Waals surface area (Å²) in [5, 5.41) is 6.39. The molecule has 2 aliphatic heterocycles. The summed E-state index contributed by atoms with van der Waals surface area (Å²) in [5.74, 6) is 0.940. The van der Waals surface area contributed by atoms with Crippen LogP contribution in [0, 0.1) is 5.92 Å². The molecule has 1 amide bonds. The Balaban J connectivity index is 0.00000128. The number of likely N-dealkylation sites (N-methyl/N-ethyl adjacent to an activating group) is 1. The fraction of sp³-hybridized carbons (Fsp3) is 0.909. The molecule has 0 aromatic heterocycles. The second-order valence-electron chi connectivity index (χ2n) is 4.59. The van der Waals surface area contributed by atoms with E-state index in [-0.39, 0.29) is 18.3 Å². The number of hydrogen-bond acceptors (Lipinski definition) is 3. The van der Waals surface area contributed by atoms with Crippen molar-refractivity contribution in [3.63, 3.8) is 0 Å². The number of likely N-dealkylation sites (tertiary alicyclic amines) is 1. The number of carbonyl (C=O) groups excluding carboxylic acids is 1. The fourth-order valence-corrected chi connectivity index (χ4v) is 2.72. The lowest BCUT2D eigenvalue weighted by Gasteiger charge is -2.34. The summed E-state index contributed by atoms with van der Waals surface area (Å²) in [5.41, 5.74) is 0. The van der Waals surface area contributed by atoms with Crippen molar-refractivity contribution in [3.8, 4) is 0 Å². The number of piperidine rings is 1. The first-order chi connectivity index (χ1) is 7.29. The minimum absolute atomic E-state index is 0. The minimum atomic E-state index is 0. The predicted octanol–water partition coefficient (Wildman–Crippen LogP) is 0.228. The fourth-order valence-electron chi connectivity index (χ4n) is 2.72. The van der Waals surface area contributed by atoms with E-state index in [1.165, 1.54) is 12.8 Å². The summed E-state index contributed by atoms with van der Waals surface area (Å²) in [6, 6.07) is 0.718. The Kier molecular flexibility index (Phi) is 5.52. The monoisotopic (exact) mass is 247 g/mol. The molecule has 0 radical (unpaired) electrons. The normalized spacial score (nSPS) is 29.3. The molecule has 0 aliphatic carbocycles. The Morgan fingerprint density at radius 3 is 3.06 bits per heavy atom. The van der Waals surface area contributed by atoms with Crippen LogP contribution in [0.4, 0.5) is 0 Å². The van der Waals surface area contributed by atoms with Crippen LogP contribution in [0.1, 0.15) is 19.8 Å². The van der Waals surface area contributed by atoms with Crippen LogP contribution in [-0.4, -0.2) is 49.6 Å². The Morgan fingerprint density at radius 1 is 1.50 bits per heavy atom. The Bertz CT molecular complexity index is 237. The van der Waals surface area contributed by atoms with Crippen molar-refractivity contribution in [2.45, 2.75) is 25.8 Å². The van der Waals surface area contributed by atoms with E-state index in [1.54, 1.807) is 0 Å². The van der Waals surface area contributed by atoms with E-state index in [9.17, 15) is 4.79 Å². The third kappa shape index (κ3) is 3.34. The molecule has 94 valence electrons. The maximum absolute atomic E-state index is 11.4. The lowest BCUT2D eigenvalue weighted by molar-refractivity contribution is -0.122. The van der Waals surface area contributed by atoms with E-state index in [1.807, 2.05) is 6.92 Å². The number of nitrogens with zero attached hydrogens (tertiary/aromatic N) is 1. The number of halogens is 1. The molecular formula is C11H22ClN3O. The van der Waals surface area contributed by atoms with E-state index in [4.69, 9.17) is 0 Å². The maximum Gasteiger partial charge on any atom is 0.234 e. The Hall–Kier alpha value is -0.320. The lowest BCUT2D eigenvalue weighted by atomic mass is 9.93. The van der Waals surface area contributed by atoms with E-state index in [0.717, 1.165) is 38.1 Å². The highest BCUT2D eigenvalue weighted by Crippen LogP contribution is 2.24. The molecule has 0 saturated carbocycles. The van der Waals surface area contributed by atoms with Crippen molar-refractivity contribution in [2.24, 2.45) is 5.92 Å². The van der Waals surface area contributed by atoms with Crippen LogP contribution in [0.25, 0.3) is 0 Å². The third-order valence-electron chi connectivity index (χ3n) is 3.48. The summed E-state index contributed by atoms with van der Waals surface area (Å²) in [6.07, 6.45) is 2.47. The molecule has 2 saturated heterocycles. The number of nitrogens with one attached hydrogen (secondary N) is 2. The second-order valence-corrected chi connectivity index (χ2v) is 4.59. The van der Waals surface area contributed by atoms with Crippen molar-refractivity contribution >= 4 is 18.3 Å². The molecule has 2 N–H and O–H groups in total. The maximum atomic E-state index is 11.4. The topological polar surface area (TPSA) is 44.4 Å². The van der Waals surface area contributed by atoms with Gasteiger partial charge in [0.05, 0.1) is 6.54 Å². The molecule has 5 heteroatoms. The summed E-state index contributed by atoms with van der Waals surface area (Å²) in [4.78, 5) is 13.7. The van der Waals surface area contributed by atoms with Crippen LogP contribution in [0.3, 0.4) is 0 Å². The van der Waals surface area contributed by atoms with Gasteiger partial charge in [-0.1, -0.05) is 0 Å². The van der Waals surface area contributed by atoms with Gasteiger partial charge in [-0.25, -0.2) is 0 Å². The number of fused-ring (bicyclic) bond motifs is 1. The van der Waals surface area contributed by atoms with Gasteiger partial charge in [-0.3, -0.25) is 9.69 Å². The molecule has 0 bridgehead atoms. The number of hydrogen-bond donors (Lipinski definition) is 2. The first-order valence-corrected chi connectivity index (χ1v) is 6.02. The van der Waals surface area contributed by atoms with Crippen molar-refractivity contribution in [3.05, 3.63) is 0 Å². The van der Waals surface area contributed by atoms with Crippen LogP contribution in [0.2, 0.25) is 0 Å². The minimum Gasteiger partial charge on any atom is -0.355 e. The molecule has 2 atom stereocenters. The molecule has 0 spiro atoms. The number of rotatable bonds is 3. The highest BCUT2D eigenvalue weighted by atomic mass is 35.5. The summed E-state index contributed by atoms with van der Waals surface area (Å²) >= 11 is 0. The Morgan fingerprint density at radius 2 is 2.31 bits per heavy atom. The van der Waals surface area contributed by atoms with Gasteiger partial charge in [0.2, 0.25) is 5.91 Å². The van der Waals surface area contributed by atoms with Crippen LogP contribution in [0.15, 0.2) is 0 Å². The standard InChI is InChI=1S/C11H21N3O.ClH/c1-2-12-11(15)8-14-6-4-10-9(7-14)3-5-13-10;/h9-10,13H,2-8H2,1H3,(H,12,15);1H. The van der Waals surface area contributed by atoms with Crippen LogP contribution >= 0.6 is 12.4 Å². The van der Waals surface area contributed by atoms with Gasteiger partial charge in [-0.2, -0.15) is 0 Å². The molecule has 0 aromatic carbocycles. The van der Waals surface area contributed by atoms with Crippen molar-refractivity contribution in [1.29, 1.82) is 0 Å². The average molecular weight is 248 g/mol. The van der Waals surface area contributed by atoms with Gasteiger partial charge in [0.15, 0.2) is 0 Å². The van der Waals surface area contributed by atoms with Crippen molar-refractivity contribution in [1.82, 2.24) is 15.5 Å². The molecule has 2 aliphatic rings. The van der Waals surface area contributed by atoms with E-state index in [2.05, 4.69) is 15.5 Å². The zero-order valence-electron chi connectivity index (χ0n) is 9.87. The van der Waals surface area contributed by atoms with Crippen LogP contribution < -0.4 is 10.6 Å². The quantitative estimate of drug-likeness (QED) is 0.751. The molecule has 0 aromatic rings. The summed E-state index contributed by atoms with van der Waals surface area (Å²) in [7, 11) is 0. The van der Waals surface area contributed by atoms with Gasteiger partial charge in [0, 0.05) is 25.7 Å². The highest BCUT2D eigenvalue weighted by Gasteiger charge is 2.32. The first kappa shape index (κ1) is 13.7. The summed E-state index contributed by atoms with van der Waals surface area (Å²) in [6.45, 7) is 6.59. The van der Waals surface area contributed by atoms with E-state index in [0.29, 0.717) is 6.54 Å². The van der Waals surface area contributed by atoms with Gasteiger partial charge in [0.25, 0.3) is 0 Å². The van der Waals surface area contributed by atoms with Crippen molar-refractivity contribution in [2.75, 3.05) is 32.7 Å². The van der Waals surface area contributed by atoms with Gasteiger partial charge in [-0.05, 0) is 32.2 Å². The molecule has 16 heavy (non-hydrogen) atoms. The number of amides is 1. The van der Waals surface area contributed by atoms with Crippen LogP contribution in [0.5, 0.6) is 0 Å². The molecular weight excluding hydrogens is 226 g/mol. The molecule has 2 heterocycles. The molecule has 4 nitrogen and oxygen atoms in total. The predicted molar refractivity (Wildman–Crippen MR) is 66.9 cm³/mol. The third-order valence-corrected chi connectivity index (χ3v) is 3.48. The average Bonchev–Trinajstić information content (AvgIpc) is 2.65. The first-order valence-electron chi connectivity index (χ1n) is 6.02. The molecule has 2 fully saturated rings. The number of carbonyl (C=O) groups is 1. The van der Waals surface area contributed by atoms with Crippen LogP contribution in [-0.2, 0) is 4.79 Å². The van der Waals surface area contributed by atoms with Gasteiger partial charge in [-0.15, -0.1) is 12.4 Å². The lowest BCUT2D eigenvalue weighted by Crippen LogP contribution is -2.47. The van der Waals surface area contributed by atoms with E-state index >= 15 is 0 Å². The molecule has 2 rings (SSSR count). The largest absolute Gasteiger partial charge is 0.355 e. The Labute approximate surface area is 104 Å². The smallest absolute Gasteiger partial charge is 0.234 e. The van der Waals surface area contributed by atoms with E-state index < -0.39 is 0 Å².